The third kappa shape index (κ3) is 5.00. The molecule has 1 N–H and O–H groups in total. The fourth-order valence-corrected chi connectivity index (χ4v) is 4.77. The highest BCUT2D eigenvalue weighted by molar-refractivity contribution is 7.89. The van der Waals surface area contributed by atoms with Gasteiger partial charge < -0.3 is 14.9 Å². The molecule has 1 saturated heterocycles. The van der Waals surface area contributed by atoms with Crippen molar-refractivity contribution in [2.45, 2.75) is 17.4 Å². The Labute approximate surface area is 194 Å². The largest absolute Gasteiger partial charge is 0.507 e. The van der Waals surface area contributed by atoms with E-state index in [1.54, 1.807) is 24.3 Å². The molecule has 0 radical (unpaired) electrons. The van der Waals surface area contributed by atoms with Gasteiger partial charge in [0.25, 0.3) is 11.7 Å². The zero-order valence-electron chi connectivity index (χ0n) is 19.2. The molecule has 1 amide bonds. The van der Waals surface area contributed by atoms with E-state index >= 15 is 0 Å². The van der Waals surface area contributed by atoms with Crippen LogP contribution in [0.2, 0.25) is 0 Å². The molecule has 0 bridgehead atoms. The fourth-order valence-electron chi connectivity index (χ4n) is 3.82. The van der Waals surface area contributed by atoms with E-state index in [2.05, 4.69) is 0 Å². The van der Waals surface area contributed by atoms with Gasteiger partial charge in [-0.2, -0.15) is 0 Å². The maximum atomic E-state index is 13.1. The molecule has 1 atom stereocenters. The first-order valence-electron chi connectivity index (χ1n) is 10.6. The minimum Gasteiger partial charge on any atom is -0.507 e. The van der Waals surface area contributed by atoms with Crippen molar-refractivity contribution in [1.29, 1.82) is 0 Å². The molecule has 33 heavy (non-hydrogen) atoms. The van der Waals surface area contributed by atoms with Crippen molar-refractivity contribution in [2.75, 3.05) is 41.3 Å². The van der Waals surface area contributed by atoms with Crippen LogP contribution in [0.15, 0.2) is 65.1 Å². The molecule has 2 aromatic carbocycles. The van der Waals surface area contributed by atoms with Crippen molar-refractivity contribution < 1.29 is 23.1 Å². The Bertz CT molecular complexity index is 1170. The molecule has 0 saturated carbocycles. The van der Waals surface area contributed by atoms with Gasteiger partial charge >= 0.3 is 0 Å². The van der Waals surface area contributed by atoms with Crippen LogP contribution in [-0.2, 0) is 19.6 Å². The average Bonchev–Trinajstić information content (AvgIpc) is 3.04. The molecule has 0 aliphatic carbocycles. The lowest BCUT2D eigenvalue weighted by Gasteiger charge is -2.26. The van der Waals surface area contributed by atoms with Crippen molar-refractivity contribution in [3.05, 3.63) is 71.3 Å². The molecule has 8 nitrogen and oxygen atoms in total. The first kappa shape index (κ1) is 24.6. The van der Waals surface area contributed by atoms with Crippen LogP contribution in [0.4, 0.5) is 0 Å². The number of likely N-dealkylation sites (tertiary alicyclic amines) is 1. The van der Waals surface area contributed by atoms with Crippen LogP contribution in [0.25, 0.3) is 5.76 Å². The SMILES string of the molecule is CN(C)CCCN1C(=O)C(=O)/C(=C(\O)c2cccc(S(=O)(=O)N(C)C)c2)C1c1ccccc1. The van der Waals surface area contributed by atoms with Gasteiger partial charge in [-0.15, -0.1) is 0 Å². The van der Waals surface area contributed by atoms with Crippen LogP contribution in [0.3, 0.4) is 0 Å². The van der Waals surface area contributed by atoms with Crippen LogP contribution in [0, 0.1) is 0 Å². The van der Waals surface area contributed by atoms with Crippen LogP contribution in [-0.4, -0.2) is 80.6 Å². The third-order valence-corrected chi connectivity index (χ3v) is 7.36. The molecule has 176 valence electrons. The van der Waals surface area contributed by atoms with Crippen LogP contribution in [0.1, 0.15) is 23.6 Å². The second-order valence-corrected chi connectivity index (χ2v) is 10.5. The van der Waals surface area contributed by atoms with Crippen LogP contribution >= 0.6 is 0 Å². The summed E-state index contributed by atoms with van der Waals surface area (Å²) in [4.78, 5) is 29.4. The number of aliphatic hydroxyl groups is 1. The van der Waals surface area contributed by atoms with E-state index in [1.165, 1.54) is 43.3 Å². The Kier molecular flexibility index (Phi) is 7.36. The monoisotopic (exact) mass is 471 g/mol. The summed E-state index contributed by atoms with van der Waals surface area (Å²) in [6.07, 6.45) is 0.653. The summed E-state index contributed by atoms with van der Waals surface area (Å²) in [7, 11) is 2.94. The molecule has 0 spiro atoms. The molecule has 2 aromatic rings. The number of benzene rings is 2. The molecule has 0 aromatic heterocycles. The lowest BCUT2D eigenvalue weighted by atomic mass is 9.95. The summed E-state index contributed by atoms with van der Waals surface area (Å²) in [5, 5.41) is 11.2. The number of hydrogen-bond acceptors (Lipinski definition) is 6. The molecule has 1 aliphatic rings. The number of ketones is 1. The number of rotatable bonds is 8. The van der Waals surface area contributed by atoms with E-state index in [-0.39, 0.29) is 16.0 Å². The lowest BCUT2D eigenvalue weighted by molar-refractivity contribution is -0.139. The zero-order chi connectivity index (χ0) is 24.3. The van der Waals surface area contributed by atoms with Gasteiger partial charge in [0.15, 0.2) is 0 Å². The molecule has 1 aliphatic heterocycles. The van der Waals surface area contributed by atoms with E-state index < -0.39 is 33.5 Å². The Morgan fingerprint density at radius 3 is 2.27 bits per heavy atom. The minimum absolute atomic E-state index is 0.0203. The Morgan fingerprint density at radius 1 is 1.00 bits per heavy atom. The summed E-state index contributed by atoms with van der Waals surface area (Å²) >= 11 is 0. The van der Waals surface area contributed by atoms with Gasteiger partial charge in [0.05, 0.1) is 16.5 Å². The molecule has 1 unspecified atom stereocenters. The van der Waals surface area contributed by atoms with Gasteiger partial charge in [-0.3, -0.25) is 9.59 Å². The second kappa shape index (κ2) is 9.86. The number of sulfonamides is 1. The second-order valence-electron chi connectivity index (χ2n) is 8.38. The van der Waals surface area contributed by atoms with E-state index in [0.717, 1.165) is 10.8 Å². The van der Waals surface area contributed by atoms with Gasteiger partial charge in [0, 0.05) is 26.2 Å². The Balaban J connectivity index is 2.12. The summed E-state index contributed by atoms with van der Waals surface area (Å²) in [6.45, 7) is 1.07. The standard InChI is InChI=1S/C24H29N3O5S/c1-25(2)14-9-15-27-21(17-10-6-5-7-11-17)20(23(29)24(27)30)22(28)18-12-8-13-19(16-18)33(31,32)26(3)4/h5-8,10-13,16,21,28H,9,14-15H2,1-4H3/b22-20-. The number of carbonyl (C=O) groups is 2. The summed E-state index contributed by atoms with van der Waals surface area (Å²) < 4.78 is 26.2. The Hall–Kier alpha value is -3.01. The first-order valence-corrected chi connectivity index (χ1v) is 12.0. The van der Waals surface area contributed by atoms with Gasteiger partial charge in [-0.05, 0) is 44.8 Å². The maximum absolute atomic E-state index is 13.1. The van der Waals surface area contributed by atoms with Crippen molar-refractivity contribution in [3.8, 4) is 0 Å². The number of hydrogen-bond donors (Lipinski definition) is 1. The number of Topliss-reactive ketones (excluding diaryl/α,β-unsaturated/α-hetero) is 1. The summed E-state index contributed by atoms with van der Waals surface area (Å²) in [5.41, 5.74) is 0.806. The molecule has 1 heterocycles. The Morgan fingerprint density at radius 2 is 1.67 bits per heavy atom. The van der Waals surface area contributed by atoms with Crippen molar-refractivity contribution >= 4 is 27.5 Å². The predicted molar refractivity (Wildman–Crippen MR) is 126 cm³/mol. The molecule has 1 fully saturated rings. The molecular formula is C24H29N3O5S. The summed E-state index contributed by atoms with van der Waals surface area (Å²) in [6, 6.07) is 14.0. The lowest BCUT2D eigenvalue weighted by Crippen LogP contribution is -2.32. The van der Waals surface area contributed by atoms with Gasteiger partial charge in [-0.1, -0.05) is 42.5 Å². The van der Waals surface area contributed by atoms with Gasteiger partial charge in [-0.25, -0.2) is 12.7 Å². The average molecular weight is 472 g/mol. The number of carbonyl (C=O) groups excluding carboxylic acids is 2. The van der Waals surface area contributed by atoms with E-state index in [1.807, 2.05) is 25.1 Å². The highest BCUT2D eigenvalue weighted by atomic mass is 32.2. The van der Waals surface area contributed by atoms with E-state index in [0.29, 0.717) is 18.5 Å². The highest BCUT2D eigenvalue weighted by Crippen LogP contribution is 2.39. The fraction of sp³-hybridized carbons (Fsp3) is 0.333. The normalized spacial score (nSPS) is 18.5. The third-order valence-electron chi connectivity index (χ3n) is 5.55. The van der Waals surface area contributed by atoms with E-state index in [9.17, 15) is 23.1 Å². The van der Waals surface area contributed by atoms with Crippen molar-refractivity contribution in [3.63, 3.8) is 0 Å². The van der Waals surface area contributed by atoms with Crippen molar-refractivity contribution in [1.82, 2.24) is 14.1 Å². The highest BCUT2D eigenvalue weighted by Gasteiger charge is 2.45. The van der Waals surface area contributed by atoms with Crippen molar-refractivity contribution in [2.24, 2.45) is 0 Å². The first-order chi connectivity index (χ1) is 15.6. The molecule has 9 heteroatoms. The molecule has 3 rings (SSSR count). The van der Waals surface area contributed by atoms with Crippen LogP contribution in [0.5, 0.6) is 0 Å². The predicted octanol–water partition coefficient (Wildman–Crippen LogP) is 2.31. The number of aliphatic hydroxyl groups excluding tert-OH is 1. The smallest absolute Gasteiger partial charge is 0.295 e. The topological polar surface area (TPSA) is 98.2 Å². The van der Waals surface area contributed by atoms with E-state index in [4.69, 9.17) is 0 Å². The minimum atomic E-state index is -3.74. The van der Waals surface area contributed by atoms with Crippen LogP contribution < -0.4 is 0 Å². The van der Waals surface area contributed by atoms with Gasteiger partial charge in [0.2, 0.25) is 10.0 Å². The number of amides is 1. The molecular weight excluding hydrogens is 442 g/mol. The number of nitrogens with zero attached hydrogens (tertiary/aromatic N) is 3. The summed E-state index contributed by atoms with van der Waals surface area (Å²) in [5.74, 6) is -1.86. The maximum Gasteiger partial charge on any atom is 0.295 e. The zero-order valence-corrected chi connectivity index (χ0v) is 20.0. The quantitative estimate of drug-likeness (QED) is 0.360. The van der Waals surface area contributed by atoms with Gasteiger partial charge in [0.1, 0.15) is 5.76 Å².